The summed E-state index contributed by atoms with van der Waals surface area (Å²) >= 11 is 0. The zero-order valence-electron chi connectivity index (χ0n) is 5.88. The Labute approximate surface area is 69.3 Å². The summed E-state index contributed by atoms with van der Waals surface area (Å²) in [4.78, 5) is -0.227. The van der Waals surface area contributed by atoms with E-state index in [1.165, 1.54) is 12.1 Å². The van der Waals surface area contributed by atoms with Gasteiger partial charge >= 0.3 is 0 Å². The molecule has 1 aromatic carbocycles. The zero-order chi connectivity index (χ0) is 9.19. The van der Waals surface area contributed by atoms with Crippen molar-refractivity contribution in [2.45, 2.75) is 4.90 Å². The first-order valence-corrected chi connectivity index (χ1v) is 4.41. The minimum Gasteiger partial charge on any atom is -0.706 e. The number of rotatable bonds is 2. The SMILES string of the molecule is [N-]=Nc1ccc(S(=O)(=O)O)cc1. The first kappa shape index (κ1) is 8.82. The van der Waals surface area contributed by atoms with Crippen LogP contribution in [-0.2, 0) is 10.1 Å². The van der Waals surface area contributed by atoms with Gasteiger partial charge in [-0.1, -0.05) is 0 Å². The third kappa shape index (κ3) is 1.86. The molecular formula is C6H5N2O3S-. The third-order valence-electron chi connectivity index (χ3n) is 1.25. The van der Waals surface area contributed by atoms with Crippen LogP contribution in [0, 0.1) is 0 Å². The van der Waals surface area contributed by atoms with Crippen molar-refractivity contribution in [3.63, 3.8) is 0 Å². The summed E-state index contributed by atoms with van der Waals surface area (Å²) in [7, 11) is -4.15. The maximum atomic E-state index is 10.5. The highest BCUT2D eigenvalue weighted by atomic mass is 32.2. The summed E-state index contributed by atoms with van der Waals surface area (Å²) in [5.41, 5.74) is 8.47. The number of nitrogens with zero attached hydrogens (tertiary/aromatic N) is 2. The lowest BCUT2D eigenvalue weighted by atomic mass is 10.3. The van der Waals surface area contributed by atoms with E-state index >= 15 is 0 Å². The lowest BCUT2D eigenvalue weighted by molar-refractivity contribution is 0.483. The lowest BCUT2D eigenvalue weighted by Gasteiger charge is -1.98. The summed E-state index contributed by atoms with van der Waals surface area (Å²) in [5.74, 6) is 0. The first-order valence-electron chi connectivity index (χ1n) is 2.97. The molecule has 12 heavy (non-hydrogen) atoms. The van der Waals surface area contributed by atoms with Crippen LogP contribution in [0.25, 0.3) is 5.53 Å². The maximum absolute atomic E-state index is 10.5. The molecule has 1 rings (SSSR count). The Morgan fingerprint density at radius 1 is 1.25 bits per heavy atom. The molecule has 0 aliphatic rings. The van der Waals surface area contributed by atoms with E-state index in [0.717, 1.165) is 12.1 Å². The molecule has 0 atom stereocenters. The molecule has 0 heterocycles. The van der Waals surface area contributed by atoms with Gasteiger partial charge in [-0.2, -0.15) is 8.42 Å². The topological polar surface area (TPSA) is 89.0 Å². The maximum Gasteiger partial charge on any atom is 0.294 e. The predicted molar refractivity (Wildman–Crippen MR) is 41.7 cm³/mol. The minimum atomic E-state index is -4.15. The Bertz CT molecular complexity index is 382. The Morgan fingerprint density at radius 2 is 1.75 bits per heavy atom. The van der Waals surface area contributed by atoms with Crippen molar-refractivity contribution < 1.29 is 13.0 Å². The van der Waals surface area contributed by atoms with E-state index in [4.69, 9.17) is 10.1 Å². The van der Waals surface area contributed by atoms with Crippen molar-refractivity contribution in [3.05, 3.63) is 29.8 Å². The van der Waals surface area contributed by atoms with Gasteiger partial charge in [0.15, 0.2) is 0 Å². The first-order chi connectivity index (χ1) is 5.54. The smallest absolute Gasteiger partial charge is 0.294 e. The molecule has 0 fully saturated rings. The average Bonchev–Trinajstić information content (AvgIpc) is 2.03. The van der Waals surface area contributed by atoms with E-state index in [2.05, 4.69) is 5.11 Å². The summed E-state index contributed by atoms with van der Waals surface area (Å²) in [6, 6.07) is 4.82. The molecular weight excluding hydrogens is 180 g/mol. The van der Waals surface area contributed by atoms with Gasteiger partial charge in [0.05, 0.1) is 4.90 Å². The van der Waals surface area contributed by atoms with Gasteiger partial charge in [-0.05, 0) is 24.3 Å². The van der Waals surface area contributed by atoms with E-state index in [1.807, 2.05) is 0 Å². The predicted octanol–water partition coefficient (Wildman–Crippen LogP) is 1.59. The second-order valence-corrected chi connectivity index (χ2v) is 3.49. The van der Waals surface area contributed by atoms with Crippen molar-refractivity contribution in [3.8, 4) is 0 Å². The van der Waals surface area contributed by atoms with Crippen LogP contribution >= 0.6 is 0 Å². The Morgan fingerprint density at radius 3 is 2.08 bits per heavy atom. The van der Waals surface area contributed by atoms with E-state index in [-0.39, 0.29) is 10.6 Å². The van der Waals surface area contributed by atoms with Gasteiger partial charge in [-0.3, -0.25) is 4.55 Å². The largest absolute Gasteiger partial charge is 0.706 e. The quantitative estimate of drug-likeness (QED) is 0.560. The molecule has 64 valence electrons. The summed E-state index contributed by atoms with van der Waals surface area (Å²) < 4.78 is 29.5. The van der Waals surface area contributed by atoms with Crippen molar-refractivity contribution in [1.82, 2.24) is 0 Å². The second-order valence-electron chi connectivity index (χ2n) is 2.07. The Kier molecular flexibility index (Phi) is 2.20. The molecule has 0 spiro atoms. The molecule has 0 aliphatic heterocycles. The molecule has 6 heteroatoms. The van der Waals surface area contributed by atoms with Crippen LogP contribution in [-0.4, -0.2) is 13.0 Å². The third-order valence-corrected chi connectivity index (χ3v) is 2.12. The molecule has 1 N–H and O–H groups in total. The van der Waals surface area contributed by atoms with E-state index in [9.17, 15) is 8.42 Å². The zero-order valence-corrected chi connectivity index (χ0v) is 6.69. The molecule has 5 nitrogen and oxygen atoms in total. The van der Waals surface area contributed by atoms with Crippen molar-refractivity contribution in [1.29, 1.82) is 0 Å². The highest BCUT2D eigenvalue weighted by Crippen LogP contribution is 2.15. The summed E-state index contributed by atoms with van der Waals surface area (Å²) in [6.07, 6.45) is 0. The van der Waals surface area contributed by atoms with Crippen LogP contribution in [0.4, 0.5) is 5.69 Å². The fraction of sp³-hybridized carbons (Fsp3) is 0. The van der Waals surface area contributed by atoms with Crippen LogP contribution in [0.5, 0.6) is 0 Å². The van der Waals surface area contributed by atoms with E-state index in [0.29, 0.717) is 0 Å². The van der Waals surface area contributed by atoms with Crippen molar-refractivity contribution in [2.75, 3.05) is 0 Å². The Hall–Kier alpha value is -1.27. The molecule has 0 radical (unpaired) electrons. The Balaban J connectivity index is 3.17. The fourth-order valence-corrected chi connectivity index (χ4v) is 1.16. The van der Waals surface area contributed by atoms with Gasteiger partial charge < -0.3 is 10.6 Å². The summed E-state index contributed by atoms with van der Waals surface area (Å²) in [6.45, 7) is 0. The van der Waals surface area contributed by atoms with Crippen LogP contribution in [0.1, 0.15) is 0 Å². The highest BCUT2D eigenvalue weighted by molar-refractivity contribution is 7.85. The lowest BCUT2D eigenvalue weighted by Crippen LogP contribution is -1.96. The second kappa shape index (κ2) is 3.00. The van der Waals surface area contributed by atoms with Gasteiger partial charge in [-0.25, -0.2) is 0 Å². The van der Waals surface area contributed by atoms with Crippen LogP contribution in [0.3, 0.4) is 0 Å². The van der Waals surface area contributed by atoms with Crippen molar-refractivity contribution in [2.24, 2.45) is 5.11 Å². The van der Waals surface area contributed by atoms with Gasteiger partial charge in [-0.15, -0.1) is 0 Å². The van der Waals surface area contributed by atoms with Crippen molar-refractivity contribution >= 4 is 15.8 Å². The molecule has 0 bridgehead atoms. The average molecular weight is 185 g/mol. The number of benzene rings is 1. The van der Waals surface area contributed by atoms with Gasteiger partial charge in [0.1, 0.15) is 0 Å². The van der Waals surface area contributed by atoms with Gasteiger partial charge in [0, 0.05) is 5.69 Å². The van der Waals surface area contributed by atoms with Crippen LogP contribution in [0.15, 0.2) is 34.3 Å². The molecule has 0 aliphatic carbocycles. The standard InChI is InChI=1S/C6H5N2O3S/c7-8-5-1-3-6(4-2-5)12(9,10)11/h1-4H,(H,9,10,11)/q-1. The van der Waals surface area contributed by atoms with Gasteiger partial charge in [0.2, 0.25) is 0 Å². The number of hydrogen-bond acceptors (Lipinski definition) is 3. The molecule has 0 saturated heterocycles. The molecule has 0 saturated carbocycles. The summed E-state index contributed by atoms with van der Waals surface area (Å²) in [5, 5.41) is 2.82. The molecule has 1 aromatic rings. The molecule has 0 aromatic heterocycles. The monoisotopic (exact) mass is 185 g/mol. The van der Waals surface area contributed by atoms with E-state index < -0.39 is 10.1 Å². The minimum absolute atomic E-state index is 0.224. The normalized spacial score (nSPS) is 11.1. The number of hydrogen-bond donors (Lipinski definition) is 1. The van der Waals surface area contributed by atoms with Gasteiger partial charge in [0.25, 0.3) is 10.1 Å². The van der Waals surface area contributed by atoms with E-state index in [1.54, 1.807) is 0 Å². The highest BCUT2D eigenvalue weighted by Gasteiger charge is 2.07. The molecule has 0 amide bonds. The molecule has 0 unspecified atom stereocenters. The van der Waals surface area contributed by atoms with Crippen LogP contribution < -0.4 is 0 Å². The fourth-order valence-electron chi connectivity index (χ4n) is 0.685. The van der Waals surface area contributed by atoms with Crippen LogP contribution in [0.2, 0.25) is 0 Å².